The minimum absolute atomic E-state index is 0.0612. The first-order valence-corrected chi connectivity index (χ1v) is 7.85. The van der Waals surface area contributed by atoms with Crippen LogP contribution >= 0.6 is 0 Å². The molecule has 0 fully saturated rings. The molecule has 1 aromatic heterocycles. The molecule has 0 spiro atoms. The van der Waals surface area contributed by atoms with Crippen LogP contribution in [0.2, 0.25) is 0 Å². The number of aromatic amines is 2. The average molecular weight is 319 g/mol. The molecule has 8 heteroatoms. The molecule has 0 saturated carbocycles. The molecule has 0 aliphatic rings. The molecular formula is C14H13N3O4S. The van der Waals surface area contributed by atoms with Gasteiger partial charge in [-0.15, -0.1) is 0 Å². The van der Waals surface area contributed by atoms with Gasteiger partial charge in [0.2, 0.25) is 0 Å². The highest BCUT2D eigenvalue weighted by molar-refractivity contribution is 7.92. The van der Waals surface area contributed by atoms with Gasteiger partial charge in [0.1, 0.15) is 5.75 Å². The smallest absolute Gasteiger partial charge is 0.323 e. The third-order valence-electron chi connectivity index (χ3n) is 3.14. The lowest BCUT2D eigenvalue weighted by molar-refractivity contribution is 0.415. The lowest BCUT2D eigenvalue weighted by atomic mass is 10.3. The maximum Gasteiger partial charge on any atom is 0.323 e. The second-order valence-corrected chi connectivity index (χ2v) is 6.30. The highest BCUT2D eigenvalue weighted by Gasteiger charge is 2.15. The molecular weight excluding hydrogens is 306 g/mol. The third-order valence-corrected chi connectivity index (χ3v) is 4.52. The second-order valence-electron chi connectivity index (χ2n) is 4.62. The second kappa shape index (κ2) is 5.23. The van der Waals surface area contributed by atoms with Crippen molar-refractivity contribution in [2.45, 2.75) is 4.90 Å². The Morgan fingerprint density at radius 1 is 1.00 bits per heavy atom. The Morgan fingerprint density at radius 2 is 1.68 bits per heavy atom. The van der Waals surface area contributed by atoms with E-state index < -0.39 is 10.0 Å². The van der Waals surface area contributed by atoms with E-state index in [1.165, 1.54) is 25.3 Å². The van der Waals surface area contributed by atoms with Crippen molar-refractivity contribution >= 4 is 26.7 Å². The Bertz CT molecular complexity index is 971. The van der Waals surface area contributed by atoms with Crippen molar-refractivity contribution in [3.63, 3.8) is 0 Å². The Kier molecular flexibility index (Phi) is 3.38. The minimum atomic E-state index is -3.74. The highest BCUT2D eigenvalue weighted by atomic mass is 32.2. The summed E-state index contributed by atoms with van der Waals surface area (Å²) in [5.41, 5.74) is 1.02. The fourth-order valence-corrected chi connectivity index (χ4v) is 3.14. The predicted molar refractivity (Wildman–Crippen MR) is 82.7 cm³/mol. The Labute approximate surface area is 126 Å². The van der Waals surface area contributed by atoms with E-state index in [0.717, 1.165) is 0 Å². The van der Waals surface area contributed by atoms with E-state index in [1.807, 2.05) is 0 Å². The van der Waals surface area contributed by atoms with Crippen LogP contribution in [0.4, 0.5) is 5.69 Å². The molecule has 3 aromatic rings. The lowest BCUT2D eigenvalue weighted by Gasteiger charge is -2.08. The number of methoxy groups -OCH3 is 1. The van der Waals surface area contributed by atoms with Gasteiger partial charge in [0.05, 0.1) is 23.0 Å². The maximum absolute atomic E-state index is 12.4. The van der Waals surface area contributed by atoms with Crippen LogP contribution in [0.15, 0.2) is 52.2 Å². The van der Waals surface area contributed by atoms with Crippen molar-refractivity contribution in [3.8, 4) is 5.75 Å². The molecule has 2 aromatic carbocycles. The highest BCUT2D eigenvalue weighted by Crippen LogP contribution is 2.20. The quantitative estimate of drug-likeness (QED) is 0.680. The summed E-state index contributed by atoms with van der Waals surface area (Å²) in [6, 6.07) is 10.9. The molecule has 0 aliphatic heterocycles. The molecule has 0 saturated heterocycles. The van der Waals surface area contributed by atoms with Gasteiger partial charge < -0.3 is 14.7 Å². The fraction of sp³-hybridized carbons (Fsp3) is 0.0714. The SMILES string of the molecule is COc1ccc(NS(=O)(=O)c2ccc3[nH]c(=O)[nH]c3c2)cc1. The van der Waals surface area contributed by atoms with E-state index in [4.69, 9.17) is 4.74 Å². The number of ether oxygens (including phenoxy) is 1. The monoisotopic (exact) mass is 319 g/mol. The van der Waals surface area contributed by atoms with E-state index in [9.17, 15) is 13.2 Å². The zero-order chi connectivity index (χ0) is 15.7. The number of hydrogen-bond donors (Lipinski definition) is 3. The average Bonchev–Trinajstić information content (AvgIpc) is 2.86. The molecule has 0 atom stereocenters. The number of hydrogen-bond acceptors (Lipinski definition) is 4. The van der Waals surface area contributed by atoms with Crippen LogP contribution < -0.4 is 15.1 Å². The van der Waals surface area contributed by atoms with Crippen LogP contribution in [-0.4, -0.2) is 25.5 Å². The molecule has 1 heterocycles. The maximum atomic E-state index is 12.4. The molecule has 0 aliphatic carbocycles. The first-order valence-electron chi connectivity index (χ1n) is 6.37. The van der Waals surface area contributed by atoms with Crippen molar-refractivity contribution in [1.82, 2.24) is 9.97 Å². The standard InChI is InChI=1S/C14H13N3O4S/c1-21-10-4-2-9(3-5-10)17-22(19,20)11-6-7-12-13(8-11)16-14(18)15-12/h2-8,17H,1H3,(H2,15,16,18). The molecule has 3 N–H and O–H groups in total. The number of anilines is 1. The van der Waals surface area contributed by atoms with Crippen molar-refractivity contribution < 1.29 is 13.2 Å². The molecule has 0 bridgehead atoms. The van der Waals surface area contributed by atoms with Gasteiger partial charge in [0.25, 0.3) is 10.0 Å². The Hall–Kier alpha value is -2.74. The molecule has 0 unspecified atom stereocenters. The normalized spacial score (nSPS) is 11.5. The zero-order valence-electron chi connectivity index (χ0n) is 11.6. The number of sulfonamides is 1. The van der Waals surface area contributed by atoms with E-state index in [2.05, 4.69) is 14.7 Å². The number of rotatable bonds is 4. The number of nitrogens with one attached hydrogen (secondary N) is 3. The molecule has 22 heavy (non-hydrogen) atoms. The summed E-state index contributed by atoms with van der Waals surface area (Å²) in [4.78, 5) is 16.4. The predicted octanol–water partition coefficient (Wildman–Crippen LogP) is 1.67. The zero-order valence-corrected chi connectivity index (χ0v) is 12.4. The van der Waals surface area contributed by atoms with Gasteiger partial charge in [-0.05, 0) is 42.5 Å². The van der Waals surface area contributed by atoms with E-state index in [-0.39, 0.29) is 10.6 Å². The number of fused-ring (bicyclic) bond motifs is 1. The van der Waals surface area contributed by atoms with Gasteiger partial charge in [-0.3, -0.25) is 4.72 Å². The fourth-order valence-electron chi connectivity index (χ4n) is 2.05. The first kappa shape index (κ1) is 14.2. The summed E-state index contributed by atoms with van der Waals surface area (Å²) in [6.07, 6.45) is 0. The summed E-state index contributed by atoms with van der Waals surface area (Å²) in [5, 5.41) is 0. The van der Waals surface area contributed by atoms with Gasteiger partial charge >= 0.3 is 5.69 Å². The molecule has 0 radical (unpaired) electrons. The van der Waals surface area contributed by atoms with E-state index in [1.54, 1.807) is 24.3 Å². The number of benzene rings is 2. The summed E-state index contributed by atoms with van der Waals surface area (Å²) in [7, 11) is -2.21. The van der Waals surface area contributed by atoms with Crippen molar-refractivity contribution in [1.29, 1.82) is 0 Å². The Balaban J connectivity index is 1.94. The number of H-pyrrole nitrogens is 2. The van der Waals surface area contributed by atoms with Crippen LogP contribution in [0.5, 0.6) is 5.75 Å². The summed E-state index contributed by atoms with van der Waals surface area (Å²) >= 11 is 0. The van der Waals surface area contributed by atoms with Gasteiger partial charge in [-0.2, -0.15) is 0 Å². The molecule has 0 amide bonds. The van der Waals surface area contributed by atoms with Gasteiger partial charge in [0.15, 0.2) is 0 Å². The van der Waals surface area contributed by atoms with Crippen molar-refractivity contribution in [3.05, 3.63) is 52.9 Å². The van der Waals surface area contributed by atoms with Crippen LogP contribution in [0, 0.1) is 0 Å². The van der Waals surface area contributed by atoms with Crippen LogP contribution in [-0.2, 0) is 10.0 Å². The van der Waals surface area contributed by atoms with Gasteiger partial charge in [-0.1, -0.05) is 0 Å². The number of imidazole rings is 1. The Morgan fingerprint density at radius 3 is 2.36 bits per heavy atom. The summed E-state index contributed by atoms with van der Waals surface area (Å²) in [6.45, 7) is 0. The van der Waals surface area contributed by atoms with Crippen molar-refractivity contribution in [2.24, 2.45) is 0 Å². The molecule has 3 rings (SSSR count). The van der Waals surface area contributed by atoms with Crippen molar-refractivity contribution in [2.75, 3.05) is 11.8 Å². The van der Waals surface area contributed by atoms with Crippen LogP contribution in [0.3, 0.4) is 0 Å². The summed E-state index contributed by atoms with van der Waals surface area (Å²) < 4.78 is 32.2. The summed E-state index contributed by atoms with van der Waals surface area (Å²) in [5.74, 6) is 0.634. The molecule has 114 valence electrons. The minimum Gasteiger partial charge on any atom is -0.497 e. The third kappa shape index (κ3) is 2.68. The number of aromatic nitrogens is 2. The molecule has 7 nitrogen and oxygen atoms in total. The van der Waals surface area contributed by atoms with Gasteiger partial charge in [-0.25, -0.2) is 13.2 Å². The van der Waals surface area contributed by atoms with Gasteiger partial charge in [0, 0.05) is 5.69 Å². The van der Waals surface area contributed by atoms with E-state index in [0.29, 0.717) is 22.5 Å². The first-order chi connectivity index (χ1) is 10.5. The largest absolute Gasteiger partial charge is 0.497 e. The van der Waals surface area contributed by atoms with E-state index >= 15 is 0 Å². The lowest BCUT2D eigenvalue weighted by Crippen LogP contribution is -2.12. The van der Waals surface area contributed by atoms with Crippen LogP contribution in [0.1, 0.15) is 0 Å². The van der Waals surface area contributed by atoms with Crippen LogP contribution in [0.25, 0.3) is 11.0 Å². The topological polar surface area (TPSA) is 104 Å².